The Morgan fingerprint density at radius 3 is 2.14 bits per heavy atom. The molecule has 0 fully saturated rings. The van der Waals surface area contributed by atoms with Gasteiger partial charge in [0, 0.05) is 30.0 Å². The predicted octanol–water partition coefficient (Wildman–Crippen LogP) is 3.72. The van der Waals surface area contributed by atoms with Gasteiger partial charge in [0.2, 0.25) is 0 Å². The Labute approximate surface area is 126 Å². The lowest BCUT2D eigenvalue weighted by Gasteiger charge is -2.20. The summed E-state index contributed by atoms with van der Waals surface area (Å²) >= 11 is 0. The molecule has 0 aliphatic carbocycles. The van der Waals surface area contributed by atoms with E-state index in [9.17, 15) is 0 Å². The average Bonchev–Trinajstić information content (AvgIpc) is 2.46. The molecule has 1 heterocycles. The van der Waals surface area contributed by atoms with Crippen LogP contribution in [0.25, 0.3) is 0 Å². The number of benzene rings is 1. The minimum atomic E-state index is 0.0796. The highest BCUT2D eigenvalue weighted by Crippen LogP contribution is 2.18. The van der Waals surface area contributed by atoms with E-state index in [1.54, 1.807) is 12.4 Å². The molecule has 0 amide bonds. The van der Waals surface area contributed by atoms with Gasteiger partial charge >= 0.3 is 6.01 Å². The smallest absolute Gasteiger partial charge is 0.321 e. The van der Waals surface area contributed by atoms with Gasteiger partial charge < -0.3 is 10.1 Å². The average molecular weight is 285 g/mol. The van der Waals surface area contributed by atoms with Crippen LogP contribution in [-0.2, 0) is 13.0 Å². The molecule has 0 radical (unpaired) electrons. The van der Waals surface area contributed by atoms with Crippen molar-refractivity contribution >= 4 is 0 Å². The molecule has 0 aliphatic heterocycles. The largest absolute Gasteiger partial charge is 0.424 e. The minimum absolute atomic E-state index is 0.0796. The van der Waals surface area contributed by atoms with Crippen molar-refractivity contribution in [1.29, 1.82) is 0 Å². The molecule has 0 atom stereocenters. The summed E-state index contributed by atoms with van der Waals surface area (Å²) in [5.74, 6) is 0.757. The lowest BCUT2D eigenvalue weighted by molar-refractivity contribution is 0.420. The molecule has 0 saturated heterocycles. The molecule has 1 aromatic carbocycles. The maximum absolute atomic E-state index is 5.64. The first-order valence-electron chi connectivity index (χ1n) is 7.29. The number of nitrogens with zero attached hydrogens (tertiary/aromatic N) is 2. The van der Waals surface area contributed by atoms with Gasteiger partial charge in [-0.25, -0.2) is 9.97 Å². The standard InChI is InChI=1S/C17H23N3O/c1-5-13-6-8-15(9-7-13)21-16-18-10-14(11-19-16)12-20-17(2,3)4/h6-11,20H,5,12H2,1-4H3. The minimum Gasteiger partial charge on any atom is -0.424 e. The SMILES string of the molecule is CCc1ccc(Oc2ncc(CNC(C)(C)C)cn2)cc1. The Balaban J connectivity index is 1.95. The molecule has 1 aromatic heterocycles. The zero-order chi connectivity index (χ0) is 15.3. The summed E-state index contributed by atoms with van der Waals surface area (Å²) in [4.78, 5) is 8.49. The predicted molar refractivity (Wildman–Crippen MR) is 84.5 cm³/mol. The van der Waals surface area contributed by atoms with E-state index in [-0.39, 0.29) is 5.54 Å². The first-order valence-corrected chi connectivity index (χ1v) is 7.29. The van der Waals surface area contributed by atoms with E-state index in [2.05, 4.69) is 55.1 Å². The van der Waals surface area contributed by atoms with Crippen molar-refractivity contribution in [3.05, 3.63) is 47.8 Å². The van der Waals surface area contributed by atoms with Gasteiger partial charge in [-0.3, -0.25) is 0 Å². The van der Waals surface area contributed by atoms with Crippen molar-refractivity contribution < 1.29 is 4.74 Å². The Hall–Kier alpha value is -1.94. The molecular formula is C17H23N3O. The normalized spacial score (nSPS) is 11.4. The van der Waals surface area contributed by atoms with E-state index in [4.69, 9.17) is 4.74 Å². The lowest BCUT2D eigenvalue weighted by atomic mass is 10.1. The molecule has 112 valence electrons. The van der Waals surface area contributed by atoms with E-state index in [1.807, 2.05) is 12.1 Å². The van der Waals surface area contributed by atoms with Crippen LogP contribution in [0.5, 0.6) is 11.8 Å². The third kappa shape index (κ3) is 5.16. The number of ether oxygens (including phenoxy) is 1. The number of aryl methyl sites for hydroxylation is 1. The van der Waals surface area contributed by atoms with E-state index >= 15 is 0 Å². The summed E-state index contributed by atoms with van der Waals surface area (Å²) in [6.45, 7) is 9.26. The van der Waals surface area contributed by atoms with Crippen LogP contribution in [0, 0.1) is 0 Å². The number of aromatic nitrogens is 2. The van der Waals surface area contributed by atoms with Gasteiger partial charge in [-0.1, -0.05) is 19.1 Å². The first kappa shape index (κ1) is 15.4. The van der Waals surface area contributed by atoms with Crippen LogP contribution in [0.15, 0.2) is 36.7 Å². The second kappa shape index (κ2) is 6.68. The van der Waals surface area contributed by atoms with Crippen molar-refractivity contribution in [2.45, 2.75) is 46.2 Å². The summed E-state index contributed by atoms with van der Waals surface area (Å²) in [6.07, 6.45) is 4.61. The Morgan fingerprint density at radius 2 is 1.62 bits per heavy atom. The van der Waals surface area contributed by atoms with Crippen LogP contribution in [0.3, 0.4) is 0 Å². The summed E-state index contributed by atoms with van der Waals surface area (Å²) in [5.41, 5.74) is 2.40. The third-order valence-electron chi connectivity index (χ3n) is 3.05. The summed E-state index contributed by atoms with van der Waals surface area (Å²) in [5, 5.41) is 3.40. The first-order chi connectivity index (χ1) is 9.96. The quantitative estimate of drug-likeness (QED) is 0.909. The fraction of sp³-hybridized carbons (Fsp3) is 0.412. The van der Waals surface area contributed by atoms with Crippen LogP contribution in [0.2, 0.25) is 0 Å². The zero-order valence-electron chi connectivity index (χ0n) is 13.2. The highest BCUT2D eigenvalue weighted by Gasteiger charge is 2.09. The third-order valence-corrected chi connectivity index (χ3v) is 3.05. The second-order valence-electron chi connectivity index (χ2n) is 6.08. The molecule has 1 N–H and O–H groups in total. The molecule has 2 rings (SSSR count). The zero-order valence-corrected chi connectivity index (χ0v) is 13.2. The van der Waals surface area contributed by atoms with E-state index in [0.29, 0.717) is 6.01 Å². The van der Waals surface area contributed by atoms with Crippen molar-refractivity contribution in [3.8, 4) is 11.8 Å². The van der Waals surface area contributed by atoms with Gasteiger partial charge in [0.05, 0.1) is 0 Å². The van der Waals surface area contributed by atoms with E-state index in [1.165, 1.54) is 5.56 Å². The highest BCUT2D eigenvalue weighted by atomic mass is 16.5. The summed E-state index contributed by atoms with van der Waals surface area (Å²) < 4.78 is 5.64. The van der Waals surface area contributed by atoms with Crippen molar-refractivity contribution in [2.75, 3.05) is 0 Å². The molecule has 0 unspecified atom stereocenters. The van der Waals surface area contributed by atoms with Crippen LogP contribution < -0.4 is 10.1 Å². The van der Waals surface area contributed by atoms with E-state index < -0.39 is 0 Å². The molecule has 0 bridgehead atoms. The molecule has 4 nitrogen and oxygen atoms in total. The Bertz CT molecular complexity index is 556. The summed E-state index contributed by atoms with van der Waals surface area (Å²) in [7, 11) is 0. The lowest BCUT2D eigenvalue weighted by Crippen LogP contribution is -2.35. The molecule has 21 heavy (non-hydrogen) atoms. The number of rotatable bonds is 5. The second-order valence-corrected chi connectivity index (χ2v) is 6.08. The van der Waals surface area contributed by atoms with Crippen molar-refractivity contribution in [2.24, 2.45) is 0 Å². The van der Waals surface area contributed by atoms with Crippen molar-refractivity contribution in [1.82, 2.24) is 15.3 Å². The maximum atomic E-state index is 5.64. The van der Waals surface area contributed by atoms with Gasteiger partial charge in [0.15, 0.2) is 0 Å². The Morgan fingerprint density at radius 1 is 1.00 bits per heavy atom. The fourth-order valence-corrected chi connectivity index (χ4v) is 1.75. The van der Waals surface area contributed by atoms with Gasteiger partial charge in [-0.05, 0) is 44.9 Å². The van der Waals surface area contributed by atoms with Gasteiger partial charge in [-0.2, -0.15) is 0 Å². The van der Waals surface area contributed by atoms with Gasteiger partial charge in [0.25, 0.3) is 0 Å². The highest BCUT2D eigenvalue weighted by molar-refractivity contribution is 5.29. The Kier molecular flexibility index (Phi) is 4.91. The fourth-order valence-electron chi connectivity index (χ4n) is 1.75. The van der Waals surface area contributed by atoms with Crippen molar-refractivity contribution in [3.63, 3.8) is 0 Å². The number of hydrogen-bond acceptors (Lipinski definition) is 4. The van der Waals surface area contributed by atoms with Crippen LogP contribution >= 0.6 is 0 Å². The monoisotopic (exact) mass is 285 g/mol. The molecule has 2 aromatic rings. The number of nitrogens with one attached hydrogen (secondary N) is 1. The van der Waals surface area contributed by atoms with Gasteiger partial charge in [-0.15, -0.1) is 0 Å². The molecule has 0 aliphatic rings. The molecule has 0 spiro atoms. The molecular weight excluding hydrogens is 262 g/mol. The van der Waals surface area contributed by atoms with Crippen LogP contribution in [0.1, 0.15) is 38.8 Å². The summed E-state index contributed by atoms with van der Waals surface area (Å²) in [6, 6.07) is 8.36. The van der Waals surface area contributed by atoms with Crippen LogP contribution in [0.4, 0.5) is 0 Å². The molecule has 0 saturated carbocycles. The number of hydrogen-bond donors (Lipinski definition) is 1. The van der Waals surface area contributed by atoms with Gasteiger partial charge in [0.1, 0.15) is 5.75 Å². The van der Waals surface area contributed by atoms with Crippen LogP contribution in [-0.4, -0.2) is 15.5 Å². The topological polar surface area (TPSA) is 47.0 Å². The molecule has 4 heteroatoms. The van der Waals surface area contributed by atoms with E-state index in [0.717, 1.165) is 24.3 Å². The maximum Gasteiger partial charge on any atom is 0.321 e.